The van der Waals surface area contributed by atoms with Gasteiger partial charge in [-0.15, -0.1) is 0 Å². The Bertz CT molecular complexity index is 426. The van der Waals surface area contributed by atoms with E-state index < -0.39 is 0 Å². The van der Waals surface area contributed by atoms with Gasteiger partial charge in [0.05, 0.1) is 6.04 Å². The summed E-state index contributed by atoms with van der Waals surface area (Å²) in [5.41, 5.74) is 6.94. The van der Waals surface area contributed by atoms with Crippen LogP contribution < -0.4 is 11.3 Å². The van der Waals surface area contributed by atoms with Gasteiger partial charge in [-0.05, 0) is 49.8 Å². The van der Waals surface area contributed by atoms with Crippen LogP contribution in [0.5, 0.6) is 0 Å². The summed E-state index contributed by atoms with van der Waals surface area (Å²) < 4.78 is 1.15. The van der Waals surface area contributed by atoms with Crippen LogP contribution in [0.15, 0.2) is 34.3 Å². The smallest absolute Gasteiger partial charge is 0.0673 e. The van der Waals surface area contributed by atoms with Gasteiger partial charge in [-0.2, -0.15) is 0 Å². The highest BCUT2D eigenvalue weighted by atomic mass is 79.9. The van der Waals surface area contributed by atoms with Crippen LogP contribution >= 0.6 is 15.9 Å². The Morgan fingerprint density at radius 1 is 1.35 bits per heavy atom. The molecule has 1 aliphatic rings. The Kier molecular flexibility index (Phi) is 4.37. The average molecular weight is 295 g/mol. The lowest BCUT2D eigenvalue weighted by Gasteiger charge is -2.24. The van der Waals surface area contributed by atoms with E-state index in [9.17, 15) is 0 Å². The molecule has 0 aromatic heterocycles. The van der Waals surface area contributed by atoms with E-state index in [-0.39, 0.29) is 6.04 Å². The van der Waals surface area contributed by atoms with Crippen LogP contribution in [0.1, 0.15) is 42.9 Å². The second-order valence-electron chi connectivity index (χ2n) is 4.58. The highest BCUT2D eigenvalue weighted by Gasteiger charge is 2.19. The molecule has 0 spiro atoms. The minimum atomic E-state index is 0.160. The molecule has 1 unspecified atom stereocenters. The highest BCUT2D eigenvalue weighted by molar-refractivity contribution is 9.10. The standard InChI is InChI=1S/C14H19BrN2/c1-10-12(8-5-9-13(10)15)14(17-16)11-6-3-2-4-7-11/h5-6,8-9,14,17H,2-4,7,16H2,1H3. The largest absolute Gasteiger partial charge is 0.271 e. The van der Waals surface area contributed by atoms with E-state index in [2.05, 4.69) is 52.6 Å². The van der Waals surface area contributed by atoms with Gasteiger partial charge in [0.2, 0.25) is 0 Å². The van der Waals surface area contributed by atoms with Crippen LogP contribution in [0.2, 0.25) is 0 Å². The van der Waals surface area contributed by atoms with Gasteiger partial charge < -0.3 is 0 Å². The molecule has 1 aromatic carbocycles. The SMILES string of the molecule is Cc1c(Br)cccc1C(NN)C1=CCCCC1. The predicted octanol–water partition coefficient (Wildman–Crippen LogP) is 3.76. The van der Waals surface area contributed by atoms with Crippen molar-refractivity contribution in [2.24, 2.45) is 5.84 Å². The second kappa shape index (κ2) is 5.80. The van der Waals surface area contributed by atoms with Crippen molar-refractivity contribution >= 4 is 15.9 Å². The maximum Gasteiger partial charge on any atom is 0.0673 e. The summed E-state index contributed by atoms with van der Waals surface area (Å²) in [7, 11) is 0. The third-order valence-electron chi connectivity index (χ3n) is 3.48. The molecule has 0 radical (unpaired) electrons. The Morgan fingerprint density at radius 2 is 2.18 bits per heavy atom. The van der Waals surface area contributed by atoms with Crippen LogP contribution in [0.4, 0.5) is 0 Å². The lowest BCUT2D eigenvalue weighted by molar-refractivity contribution is 0.563. The maximum absolute atomic E-state index is 5.75. The number of nitrogens with one attached hydrogen (secondary N) is 1. The van der Waals surface area contributed by atoms with Gasteiger partial charge in [0, 0.05) is 4.47 Å². The van der Waals surface area contributed by atoms with Crippen molar-refractivity contribution in [3.63, 3.8) is 0 Å². The molecule has 0 bridgehead atoms. The predicted molar refractivity (Wildman–Crippen MR) is 75.5 cm³/mol. The van der Waals surface area contributed by atoms with Gasteiger partial charge in [0.15, 0.2) is 0 Å². The molecule has 0 heterocycles. The van der Waals surface area contributed by atoms with Crippen molar-refractivity contribution in [2.75, 3.05) is 0 Å². The maximum atomic E-state index is 5.75. The third kappa shape index (κ3) is 2.79. The van der Waals surface area contributed by atoms with Crippen LogP contribution in [0.25, 0.3) is 0 Å². The zero-order chi connectivity index (χ0) is 12.3. The highest BCUT2D eigenvalue weighted by Crippen LogP contribution is 2.32. The topological polar surface area (TPSA) is 38.0 Å². The molecule has 92 valence electrons. The summed E-state index contributed by atoms with van der Waals surface area (Å²) in [5, 5.41) is 0. The molecule has 2 nitrogen and oxygen atoms in total. The molecule has 0 amide bonds. The number of halogens is 1. The van der Waals surface area contributed by atoms with E-state index in [1.165, 1.54) is 36.0 Å². The molecule has 0 fully saturated rings. The fraction of sp³-hybridized carbons (Fsp3) is 0.429. The molecule has 3 N–H and O–H groups in total. The number of benzene rings is 1. The molecule has 0 saturated carbocycles. The van der Waals surface area contributed by atoms with Gasteiger partial charge in [0.25, 0.3) is 0 Å². The monoisotopic (exact) mass is 294 g/mol. The van der Waals surface area contributed by atoms with E-state index in [1.54, 1.807) is 0 Å². The molecule has 1 aromatic rings. The van der Waals surface area contributed by atoms with Crippen molar-refractivity contribution in [3.05, 3.63) is 45.4 Å². The zero-order valence-corrected chi connectivity index (χ0v) is 11.8. The van der Waals surface area contributed by atoms with Crippen LogP contribution in [-0.4, -0.2) is 0 Å². The van der Waals surface area contributed by atoms with Crippen molar-refractivity contribution in [1.29, 1.82) is 0 Å². The summed E-state index contributed by atoms with van der Waals surface area (Å²) in [6.45, 7) is 2.13. The first kappa shape index (κ1) is 12.8. The molecular formula is C14H19BrN2. The first-order chi connectivity index (χ1) is 8.24. The van der Waals surface area contributed by atoms with Crippen molar-refractivity contribution in [3.8, 4) is 0 Å². The zero-order valence-electron chi connectivity index (χ0n) is 10.2. The summed E-state index contributed by atoms with van der Waals surface area (Å²) in [6.07, 6.45) is 7.26. The van der Waals surface area contributed by atoms with Gasteiger partial charge >= 0.3 is 0 Å². The molecule has 1 aliphatic carbocycles. The minimum Gasteiger partial charge on any atom is -0.271 e. The van der Waals surface area contributed by atoms with E-state index >= 15 is 0 Å². The van der Waals surface area contributed by atoms with Crippen molar-refractivity contribution < 1.29 is 0 Å². The Labute approximate surface area is 111 Å². The van der Waals surface area contributed by atoms with Gasteiger partial charge in [-0.3, -0.25) is 5.84 Å². The van der Waals surface area contributed by atoms with Crippen molar-refractivity contribution in [2.45, 2.75) is 38.6 Å². The average Bonchev–Trinajstić information content (AvgIpc) is 2.37. The van der Waals surface area contributed by atoms with Crippen LogP contribution in [0, 0.1) is 6.92 Å². The summed E-state index contributed by atoms with van der Waals surface area (Å²) in [4.78, 5) is 0. The van der Waals surface area contributed by atoms with E-state index in [1.807, 2.05) is 0 Å². The first-order valence-corrected chi connectivity index (χ1v) is 6.93. The first-order valence-electron chi connectivity index (χ1n) is 6.14. The third-order valence-corrected chi connectivity index (χ3v) is 4.34. The fourth-order valence-corrected chi connectivity index (χ4v) is 2.84. The molecule has 2 rings (SSSR count). The number of hydrogen-bond donors (Lipinski definition) is 2. The Balaban J connectivity index is 2.34. The lowest BCUT2D eigenvalue weighted by Crippen LogP contribution is -2.30. The summed E-state index contributed by atoms with van der Waals surface area (Å²) >= 11 is 3.58. The number of hydrogen-bond acceptors (Lipinski definition) is 2. The van der Waals surface area contributed by atoms with Crippen molar-refractivity contribution in [1.82, 2.24) is 5.43 Å². The molecule has 1 atom stereocenters. The van der Waals surface area contributed by atoms with E-state index in [0.29, 0.717) is 0 Å². The van der Waals surface area contributed by atoms with Gasteiger partial charge in [-0.25, -0.2) is 5.43 Å². The van der Waals surface area contributed by atoms with Crippen LogP contribution in [0.3, 0.4) is 0 Å². The quantitative estimate of drug-likeness (QED) is 0.506. The number of hydrazine groups is 1. The minimum absolute atomic E-state index is 0.160. The Hall–Kier alpha value is -0.640. The molecule has 0 saturated heterocycles. The molecule has 0 aliphatic heterocycles. The molecule has 17 heavy (non-hydrogen) atoms. The van der Waals surface area contributed by atoms with Gasteiger partial charge in [-0.1, -0.05) is 39.7 Å². The lowest BCUT2D eigenvalue weighted by atomic mass is 9.88. The van der Waals surface area contributed by atoms with E-state index in [4.69, 9.17) is 5.84 Å². The second-order valence-corrected chi connectivity index (χ2v) is 5.43. The Morgan fingerprint density at radius 3 is 2.82 bits per heavy atom. The molecular weight excluding hydrogens is 276 g/mol. The van der Waals surface area contributed by atoms with Gasteiger partial charge in [0.1, 0.15) is 0 Å². The molecule has 3 heteroatoms. The number of rotatable bonds is 3. The van der Waals surface area contributed by atoms with Crippen LogP contribution in [-0.2, 0) is 0 Å². The summed E-state index contributed by atoms with van der Waals surface area (Å²) in [6, 6.07) is 6.45. The summed E-state index contributed by atoms with van der Waals surface area (Å²) in [5.74, 6) is 5.75. The fourth-order valence-electron chi connectivity index (χ4n) is 2.46. The number of allylic oxidation sites excluding steroid dienone is 1. The normalized spacial score (nSPS) is 17.7. The number of nitrogens with two attached hydrogens (primary N) is 1. The van der Waals surface area contributed by atoms with E-state index in [0.717, 1.165) is 10.9 Å².